The molecule has 0 radical (unpaired) electrons. The molecule has 0 aromatic rings. The Balaban J connectivity index is 1.89. The number of rotatable bonds is 2. The van der Waals surface area contributed by atoms with Crippen molar-refractivity contribution in [3.8, 4) is 0 Å². The number of likely N-dealkylation sites (tertiary alicyclic amines) is 1. The Morgan fingerprint density at radius 1 is 1.44 bits per heavy atom. The summed E-state index contributed by atoms with van der Waals surface area (Å²) in [5, 5.41) is 10.1. The Kier molecular flexibility index (Phi) is 2.55. The number of hydrogen-bond acceptors (Lipinski definition) is 3. The number of aliphatic hydroxyl groups is 1. The highest BCUT2D eigenvalue weighted by Crippen LogP contribution is 2.44. The van der Waals surface area contributed by atoms with Crippen molar-refractivity contribution in [2.45, 2.75) is 45.3 Å². The van der Waals surface area contributed by atoms with Crippen molar-refractivity contribution in [3.05, 3.63) is 0 Å². The lowest BCUT2D eigenvalue weighted by atomic mass is 9.83. The third kappa shape index (κ3) is 1.96. The van der Waals surface area contributed by atoms with Crippen LogP contribution in [0.2, 0.25) is 0 Å². The molecule has 92 valence electrons. The summed E-state index contributed by atoms with van der Waals surface area (Å²) in [4.78, 5) is 13.7. The molecule has 1 atom stereocenters. The number of carbonyl (C=O) groups excluding carboxylic acids is 1. The fourth-order valence-corrected chi connectivity index (χ4v) is 2.22. The van der Waals surface area contributed by atoms with E-state index < -0.39 is 11.6 Å². The van der Waals surface area contributed by atoms with Gasteiger partial charge in [0.1, 0.15) is 5.60 Å². The maximum absolute atomic E-state index is 12.0. The number of carbonyl (C=O) groups is 1. The van der Waals surface area contributed by atoms with Gasteiger partial charge in [0.25, 0.3) is 0 Å². The van der Waals surface area contributed by atoms with Crippen molar-refractivity contribution in [1.29, 1.82) is 0 Å². The monoisotopic (exact) mass is 226 g/mol. The minimum atomic E-state index is -0.604. The molecule has 1 unspecified atom stereocenters. The minimum absolute atomic E-state index is 0.0298. The molecule has 2 rings (SSSR count). The standard InChI is InChI=1S/C12H22N2O2/c1-11(2,3)9(13)10(15)14-6-12(16,7-14)8-4-5-8/h8-9,16H,4-7,13H2,1-3H3. The maximum Gasteiger partial charge on any atom is 0.240 e. The van der Waals surface area contributed by atoms with Gasteiger partial charge in [-0.3, -0.25) is 4.79 Å². The summed E-state index contributed by atoms with van der Waals surface area (Å²) < 4.78 is 0. The van der Waals surface area contributed by atoms with Gasteiger partial charge in [0.05, 0.1) is 19.1 Å². The molecular formula is C12H22N2O2. The number of hydrogen-bond donors (Lipinski definition) is 2. The zero-order chi connectivity index (χ0) is 12.1. The average Bonchev–Trinajstić information content (AvgIpc) is 2.92. The molecule has 4 nitrogen and oxygen atoms in total. The predicted molar refractivity (Wildman–Crippen MR) is 61.7 cm³/mol. The molecule has 16 heavy (non-hydrogen) atoms. The third-order valence-electron chi connectivity index (χ3n) is 3.78. The van der Waals surface area contributed by atoms with Gasteiger partial charge in [-0.15, -0.1) is 0 Å². The van der Waals surface area contributed by atoms with E-state index in [9.17, 15) is 9.90 Å². The highest BCUT2D eigenvalue weighted by atomic mass is 16.3. The lowest BCUT2D eigenvalue weighted by molar-refractivity contribution is -0.162. The smallest absolute Gasteiger partial charge is 0.240 e. The van der Waals surface area contributed by atoms with Crippen LogP contribution < -0.4 is 5.73 Å². The highest BCUT2D eigenvalue weighted by molar-refractivity contribution is 5.83. The van der Waals surface area contributed by atoms with Crippen molar-refractivity contribution in [2.75, 3.05) is 13.1 Å². The number of nitrogens with two attached hydrogens (primary N) is 1. The first-order chi connectivity index (χ1) is 7.24. The molecule has 0 bridgehead atoms. The molecule has 4 heteroatoms. The van der Waals surface area contributed by atoms with Crippen LogP contribution in [0.3, 0.4) is 0 Å². The number of nitrogens with zero attached hydrogens (tertiary/aromatic N) is 1. The summed E-state index contributed by atoms with van der Waals surface area (Å²) in [6, 6.07) is -0.476. The van der Waals surface area contributed by atoms with Crippen molar-refractivity contribution in [2.24, 2.45) is 17.1 Å². The van der Waals surface area contributed by atoms with E-state index in [4.69, 9.17) is 5.73 Å². The van der Waals surface area contributed by atoms with Gasteiger partial charge in [-0.25, -0.2) is 0 Å². The van der Waals surface area contributed by atoms with E-state index in [-0.39, 0.29) is 11.3 Å². The molecule has 1 aliphatic heterocycles. The van der Waals surface area contributed by atoms with Crippen molar-refractivity contribution in [1.82, 2.24) is 4.90 Å². The van der Waals surface area contributed by atoms with E-state index >= 15 is 0 Å². The molecule has 1 saturated heterocycles. The second-order valence-electron chi connectivity index (χ2n) is 6.42. The fraction of sp³-hybridized carbons (Fsp3) is 0.917. The van der Waals surface area contributed by atoms with Crippen LogP contribution in [0.4, 0.5) is 0 Å². The van der Waals surface area contributed by atoms with Gasteiger partial charge in [0.2, 0.25) is 5.91 Å². The summed E-state index contributed by atoms with van der Waals surface area (Å²) in [6.07, 6.45) is 2.20. The van der Waals surface area contributed by atoms with Crippen LogP contribution in [-0.4, -0.2) is 40.6 Å². The Labute approximate surface area is 96.8 Å². The van der Waals surface area contributed by atoms with E-state index in [1.165, 1.54) is 0 Å². The first kappa shape index (κ1) is 11.9. The fourth-order valence-electron chi connectivity index (χ4n) is 2.22. The maximum atomic E-state index is 12.0. The Bertz CT molecular complexity index is 299. The summed E-state index contributed by atoms with van der Waals surface area (Å²) in [7, 11) is 0. The van der Waals surface area contributed by atoms with Crippen LogP contribution in [0, 0.1) is 11.3 Å². The van der Waals surface area contributed by atoms with Crippen LogP contribution >= 0.6 is 0 Å². The van der Waals surface area contributed by atoms with E-state index in [2.05, 4.69) is 0 Å². The summed E-state index contributed by atoms with van der Waals surface area (Å²) in [5.74, 6) is 0.389. The van der Waals surface area contributed by atoms with Crippen LogP contribution in [0.25, 0.3) is 0 Å². The van der Waals surface area contributed by atoms with Gasteiger partial charge >= 0.3 is 0 Å². The molecule has 3 N–H and O–H groups in total. The van der Waals surface area contributed by atoms with Gasteiger partial charge < -0.3 is 15.7 Å². The summed E-state index contributed by atoms with van der Waals surface area (Å²) in [6.45, 7) is 6.83. The molecule has 1 amide bonds. The van der Waals surface area contributed by atoms with E-state index in [0.717, 1.165) is 12.8 Å². The van der Waals surface area contributed by atoms with E-state index in [0.29, 0.717) is 19.0 Å². The molecule has 0 aromatic carbocycles. The Morgan fingerprint density at radius 2 is 1.94 bits per heavy atom. The van der Waals surface area contributed by atoms with E-state index in [1.807, 2.05) is 20.8 Å². The largest absolute Gasteiger partial charge is 0.386 e. The van der Waals surface area contributed by atoms with Gasteiger partial charge in [-0.05, 0) is 24.2 Å². The third-order valence-corrected chi connectivity index (χ3v) is 3.78. The highest BCUT2D eigenvalue weighted by Gasteiger charge is 2.54. The SMILES string of the molecule is CC(C)(C)C(N)C(=O)N1CC(O)(C2CC2)C1. The molecular weight excluding hydrogens is 204 g/mol. The first-order valence-corrected chi connectivity index (χ1v) is 6.01. The second kappa shape index (κ2) is 3.44. The van der Waals surface area contributed by atoms with Crippen LogP contribution in [0.1, 0.15) is 33.6 Å². The Hall–Kier alpha value is -0.610. The van der Waals surface area contributed by atoms with Crippen molar-refractivity contribution >= 4 is 5.91 Å². The molecule has 2 fully saturated rings. The van der Waals surface area contributed by atoms with Crippen molar-refractivity contribution < 1.29 is 9.90 Å². The molecule has 0 aromatic heterocycles. The molecule has 1 heterocycles. The van der Waals surface area contributed by atoms with Gasteiger partial charge in [-0.2, -0.15) is 0 Å². The minimum Gasteiger partial charge on any atom is -0.386 e. The van der Waals surface area contributed by atoms with Crippen LogP contribution in [-0.2, 0) is 4.79 Å². The molecule has 1 aliphatic carbocycles. The lowest BCUT2D eigenvalue weighted by Gasteiger charge is -2.48. The van der Waals surface area contributed by atoms with E-state index in [1.54, 1.807) is 4.90 Å². The zero-order valence-corrected chi connectivity index (χ0v) is 10.4. The summed E-state index contributed by atoms with van der Waals surface area (Å²) in [5.41, 5.74) is 5.09. The first-order valence-electron chi connectivity index (χ1n) is 6.01. The molecule has 2 aliphatic rings. The topological polar surface area (TPSA) is 66.6 Å². The summed E-state index contributed by atoms with van der Waals surface area (Å²) >= 11 is 0. The zero-order valence-electron chi connectivity index (χ0n) is 10.4. The second-order valence-corrected chi connectivity index (χ2v) is 6.42. The van der Waals surface area contributed by atoms with Gasteiger partial charge in [0, 0.05) is 0 Å². The van der Waals surface area contributed by atoms with Crippen molar-refractivity contribution in [3.63, 3.8) is 0 Å². The van der Waals surface area contributed by atoms with Crippen LogP contribution in [0.15, 0.2) is 0 Å². The number of β-amino-alcohol motifs (C(OH)–C–C–N with tert-alkyl or cyclic N) is 1. The quantitative estimate of drug-likeness (QED) is 0.713. The Morgan fingerprint density at radius 3 is 2.31 bits per heavy atom. The molecule has 1 saturated carbocycles. The predicted octanol–water partition coefficient (Wildman–Crippen LogP) is 0.343. The number of amides is 1. The molecule has 0 spiro atoms. The van der Waals surface area contributed by atoms with Crippen LogP contribution in [0.5, 0.6) is 0 Å². The lowest BCUT2D eigenvalue weighted by Crippen LogP contribution is -2.68. The van der Waals surface area contributed by atoms with Gasteiger partial charge in [-0.1, -0.05) is 20.8 Å². The van der Waals surface area contributed by atoms with Gasteiger partial charge in [0.15, 0.2) is 0 Å². The normalized spacial score (nSPS) is 26.2. The average molecular weight is 226 g/mol.